The highest BCUT2D eigenvalue weighted by Crippen LogP contribution is 2.33. The number of nitrogens with one attached hydrogen (secondary N) is 1. The van der Waals surface area contributed by atoms with Crippen LogP contribution in [0.2, 0.25) is 0 Å². The van der Waals surface area contributed by atoms with E-state index in [2.05, 4.69) is 10.3 Å². The predicted molar refractivity (Wildman–Crippen MR) is 75.2 cm³/mol. The molecule has 0 aliphatic heterocycles. The van der Waals surface area contributed by atoms with Gasteiger partial charge in [-0.25, -0.2) is 4.79 Å². The lowest BCUT2D eigenvalue weighted by atomic mass is 10.1. The van der Waals surface area contributed by atoms with Gasteiger partial charge in [-0.1, -0.05) is 12.8 Å². The van der Waals surface area contributed by atoms with Crippen LogP contribution in [0.25, 0.3) is 6.08 Å². The summed E-state index contributed by atoms with van der Waals surface area (Å²) in [5, 5.41) is 11.4. The van der Waals surface area contributed by atoms with Gasteiger partial charge in [0.2, 0.25) is 0 Å². The molecule has 1 aliphatic rings. The van der Waals surface area contributed by atoms with Crippen LogP contribution < -0.4 is 5.32 Å². The molecule has 0 radical (unpaired) electrons. The van der Waals surface area contributed by atoms with E-state index in [1.54, 1.807) is 6.07 Å². The minimum Gasteiger partial charge on any atom is -0.478 e. The first-order valence-corrected chi connectivity index (χ1v) is 6.79. The largest absolute Gasteiger partial charge is 0.478 e. The standard InChI is InChI=1S/C15H18N2O3/c18-14(19)6-5-12-8-13(10-16-9-12)15(20)17-7-1-2-11-3-4-11/h5-6,8-11H,1-4,7H2,(H,17,20)(H,18,19)/b6-5+. The molecule has 5 nitrogen and oxygen atoms in total. The van der Waals surface area contributed by atoms with E-state index in [9.17, 15) is 9.59 Å². The summed E-state index contributed by atoms with van der Waals surface area (Å²) in [6.07, 6.45) is 10.3. The summed E-state index contributed by atoms with van der Waals surface area (Å²) in [4.78, 5) is 26.3. The fourth-order valence-corrected chi connectivity index (χ4v) is 1.94. The summed E-state index contributed by atoms with van der Waals surface area (Å²) in [6, 6.07) is 1.63. The lowest BCUT2D eigenvalue weighted by Gasteiger charge is -2.05. The van der Waals surface area contributed by atoms with Gasteiger partial charge in [-0.05, 0) is 36.5 Å². The number of aliphatic carboxylic acids is 1. The number of aromatic nitrogens is 1. The second-order valence-corrected chi connectivity index (χ2v) is 5.02. The van der Waals surface area contributed by atoms with Crippen molar-refractivity contribution in [3.8, 4) is 0 Å². The number of carbonyl (C=O) groups excluding carboxylic acids is 1. The van der Waals surface area contributed by atoms with Gasteiger partial charge in [0.1, 0.15) is 0 Å². The highest BCUT2D eigenvalue weighted by Gasteiger charge is 2.20. The number of nitrogens with zero attached hydrogens (tertiary/aromatic N) is 1. The number of carboxylic acids is 1. The average molecular weight is 274 g/mol. The fourth-order valence-electron chi connectivity index (χ4n) is 1.94. The lowest BCUT2D eigenvalue weighted by molar-refractivity contribution is -0.131. The first kappa shape index (κ1) is 14.2. The van der Waals surface area contributed by atoms with Gasteiger partial charge < -0.3 is 10.4 Å². The zero-order valence-electron chi connectivity index (χ0n) is 11.2. The summed E-state index contributed by atoms with van der Waals surface area (Å²) in [7, 11) is 0. The molecule has 0 unspecified atom stereocenters. The highest BCUT2D eigenvalue weighted by atomic mass is 16.4. The Bertz CT molecular complexity index is 522. The molecule has 1 saturated carbocycles. The summed E-state index contributed by atoms with van der Waals surface area (Å²) >= 11 is 0. The molecule has 0 atom stereocenters. The van der Waals surface area contributed by atoms with E-state index in [1.807, 2.05) is 0 Å². The molecular weight excluding hydrogens is 256 g/mol. The van der Waals surface area contributed by atoms with Crippen molar-refractivity contribution in [3.05, 3.63) is 35.7 Å². The number of rotatable bonds is 7. The van der Waals surface area contributed by atoms with Crippen molar-refractivity contribution in [2.45, 2.75) is 25.7 Å². The Kier molecular flexibility index (Phi) is 4.87. The van der Waals surface area contributed by atoms with Gasteiger partial charge >= 0.3 is 5.97 Å². The number of amides is 1. The fraction of sp³-hybridized carbons (Fsp3) is 0.400. The molecule has 1 aromatic heterocycles. The maximum Gasteiger partial charge on any atom is 0.328 e. The number of carbonyl (C=O) groups is 2. The maximum atomic E-state index is 11.9. The van der Waals surface area contributed by atoms with Crippen molar-refractivity contribution in [1.29, 1.82) is 0 Å². The molecule has 2 N–H and O–H groups in total. The summed E-state index contributed by atoms with van der Waals surface area (Å²) in [5.41, 5.74) is 1.04. The van der Waals surface area contributed by atoms with E-state index >= 15 is 0 Å². The number of hydrogen-bond acceptors (Lipinski definition) is 3. The van der Waals surface area contributed by atoms with Crippen LogP contribution in [0, 0.1) is 5.92 Å². The van der Waals surface area contributed by atoms with Crippen molar-refractivity contribution in [2.24, 2.45) is 5.92 Å². The van der Waals surface area contributed by atoms with Crippen molar-refractivity contribution < 1.29 is 14.7 Å². The van der Waals surface area contributed by atoms with E-state index in [0.717, 1.165) is 18.4 Å². The Morgan fingerprint density at radius 2 is 2.20 bits per heavy atom. The van der Waals surface area contributed by atoms with Crippen LogP contribution in [0.5, 0.6) is 0 Å². The Labute approximate surface area is 117 Å². The minimum atomic E-state index is -1.03. The Morgan fingerprint density at radius 1 is 1.40 bits per heavy atom. The van der Waals surface area contributed by atoms with Gasteiger partial charge in [-0.2, -0.15) is 0 Å². The van der Waals surface area contributed by atoms with Crippen LogP contribution in [0.15, 0.2) is 24.5 Å². The third-order valence-electron chi connectivity index (χ3n) is 3.21. The van der Waals surface area contributed by atoms with Gasteiger partial charge in [0, 0.05) is 25.0 Å². The number of pyridine rings is 1. The predicted octanol–water partition coefficient (Wildman–Crippen LogP) is 2.10. The molecule has 1 aromatic rings. The maximum absolute atomic E-state index is 11.9. The molecule has 1 heterocycles. The van der Waals surface area contributed by atoms with E-state index in [0.29, 0.717) is 17.7 Å². The average Bonchev–Trinajstić information content (AvgIpc) is 3.25. The van der Waals surface area contributed by atoms with Crippen molar-refractivity contribution in [1.82, 2.24) is 10.3 Å². The van der Waals surface area contributed by atoms with Gasteiger partial charge in [-0.15, -0.1) is 0 Å². The quantitative estimate of drug-likeness (QED) is 0.589. The van der Waals surface area contributed by atoms with Crippen molar-refractivity contribution in [3.63, 3.8) is 0 Å². The Hall–Kier alpha value is -2.17. The van der Waals surface area contributed by atoms with E-state index in [-0.39, 0.29) is 5.91 Å². The minimum absolute atomic E-state index is 0.168. The number of carboxylic acid groups (broad SMARTS) is 1. The highest BCUT2D eigenvalue weighted by molar-refractivity contribution is 5.94. The third-order valence-corrected chi connectivity index (χ3v) is 3.21. The van der Waals surface area contributed by atoms with E-state index in [1.165, 1.54) is 37.7 Å². The molecule has 0 bridgehead atoms. The van der Waals surface area contributed by atoms with E-state index in [4.69, 9.17) is 5.11 Å². The third kappa shape index (κ3) is 4.84. The molecular formula is C15H18N2O3. The molecule has 106 valence electrons. The molecule has 1 aliphatic carbocycles. The van der Waals surface area contributed by atoms with Crippen LogP contribution in [-0.4, -0.2) is 28.5 Å². The summed E-state index contributed by atoms with van der Waals surface area (Å²) < 4.78 is 0. The molecule has 1 fully saturated rings. The molecule has 2 rings (SSSR count). The zero-order valence-corrected chi connectivity index (χ0v) is 11.2. The second kappa shape index (κ2) is 6.84. The van der Waals surface area contributed by atoms with Crippen molar-refractivity contribution in [2.75, 3.05) is 6.54 Å². The summed E-state index contributed by atoms with van der Waals surface area (Å²) in [5.74, 6) is -0.322. The van der Waals surface area contributed by atoms with Crippen LogP contribution in [0.3, 0.4) is 0 Å². The second-order valence-electron chi connectivity index (χ2n) is 5.02. The first-order chi connectivity index (χ1) is 9.65. The SMILES string of the molecule is O=C(O)/C=C/c1cncc(C(=O)NCCCC2CC2)c1. The Balaban J connectivity index is 1.84. The molecule has 0 aromatic carbocycles. The van der Waals surface area contributed by atoms with Crippen LogP contribution in [-0.2, 0) is 4.79 Å². The van der Waals surface area contributed by atoms with Gasteiger partial charge in [0.15, 0.2) is 0 Å². The first-order valence-electron chi connectivity index (χ1n) is 6.79. The Morgan fingerprint density at radius 3 is 2.90 bits per heavy atom. The normalized spacial score (nSPS) is 14.4. The van der Waals surface area contributed by atoms with Gasteiger partial charge in [0.05, 0.1) is 5.56 Å². The molecule has 5 heteroatoms. The molecule has 1 amide bonds. The van der Waals surface area contributed by atoms with Crippen LogP contribution >= 0.6 is 0 Å². The van der Waals surface area contributed by atoms with Crippen LogP contribution in [0.4, 0.5) is 0 Å². The van der Waals surface area contributed by atoms with E-state index < -0.39 is 5.97 Å². The lowest BCUT2D eigenvalue weighted by Crippen LogP contribution is -2.24. The van der Waals surface area contributed by atoms with Gasteiger partial charge in [-0.3, -0.25) is 9.78 Å². The smallest absolute Gasteiger partial charge is 0.328 e. The van der Waals surface area contributed by atoms with Crippen molar-refractivity contribution >= 4 is 18.0 Å². The van der Waals surface area contributed by atoms with Crippen LogP contribution in [0.1, 0.15) is 41.6 Å². The number of hydrogen-bond donors (Lipinski definition) is 2. The summed E-state index contributed by atoms with van der Waals surface area (Å²) in [6.45, 7) is 0.671. The zero-order chi connectivity index (χ0) is 14.4. The topological polar surface area (TPSA) is 79.3 Å². The molecule has 0 spiro atoms. The molecule has 0 saturated heterocycles. The monoisotopic (exact) mass is 274 g/mol. The molecule has 20 heavy (non-hydrogen) atoms. The van der Waals surface area contributed by atoms with Gasteiger partial charge in [0.25, 0.3) is 5.91 Å².